The molecule has 3 nitrogen and oxygen atoms in total. The normalized spacial score (nSPS) is 11.3. The van der Waals surface area contributed by atoms with E-state index >= 15 is 0 Å². The van der Waals surface area contributed by atoms with Gasteiger partial charge in [0.05, 0.1) is 0 Å². The van der Waals surface area contributed by atoms with Gasteiger partial charge in [0.15, 0.2) is 17.5 Å². The Morgan fingerprint density at radius 1 is 0.317 bits per heavy atom. The van der Waals surface area contributed by atoms with Crippen LogP contribution in [-0.2, 0) is 0 Å². The summed E-state index contributed by atoms with van der Waals surface area (Å²) < 4.78 is 0. The summed E-state index contributed by atoms with van der Waals surface area (Å²) in [7, 11) is 0. The van der Waals surface area contributed by atoms with Gasteiger partial charge in [0.25, 0.3) is 0 Å². The van der Waals surface area contributed by atoms with E-state index in [0.29, 0.717) is 17.5 Å². The molecule has 0 atom stereocenters. The number of benzene rings is 6. The van der Waals surface area contributed by atoms with Crippen LogP contribution in [0.5, 0.6) is 0 Å². The highest BCUT2D eigenvalue weighted by molar-refractivity contribution is 5.91. The van der Waals surface area contributed by atoms with Crippen LogP contribution in [0.15, 0.2) is 121 Å². The van der Waals surface area contributed by atoms with Crippen molar-refractivity contribution in [2.24, 2.45) is 0 Å². The Labute approximate surface area is 240 Å². The van der Waals surface area contributed by atoms with Gasteiger partial charge in [-0.3, -0.25) is 0 Å². The molecule has 0 aliphatic carbocycles. The second-order valence-corrected chi connectivity index (χ2v) is 10.9. The van der Waals surface area contributed by atoms with Crippen molar-refractivity contribution in [3.63, 3.8) is 0 Å². The van der Waals surface area contributed by atoms with Crippen LogP contribution in [0.2, 0.25) is 0 Å². The van der Waals surface area contributed by atoms with E-state index < -0.39 is 0 Å². The molecule has 41 heavy (non-hydrogen) atoms. The minimum atomic E-state index is 0.669. The van der Waals surface area contributed by atoms with Crippen molar-refractivity contribution >= 4 is 21.5 Å². The molecule has 196 valence electrons. The predicted octanol–water partition coefficient (Wildman–Crippen LogP) is 9.77. The Bertz CT molecular complexity index is 2060. The summed E-state index contributed by atoms with van der Waals surface area (Å²) in [5.74, 6) is 2.02. The number of hydrogen-bond acceptors (Lipinski definition) is 3. The summed E-state index contributed by atoms with van der Waals surface area (Å²) in [6, 6.07) is 42.9. The van der Waals surface area contributed by atoms with Crippen LogP contribution in [0.25, 0.3) is 66.8 Å². The smallest absolute Gasteiger partial charge is 0.164 e. The Hall–Kier alpha value is -5.15. The van der Waals surface area contributed by atoms with Crippen LogP contribution in [0, 0.1) is 20.8 Å². The fourth-order valence-electron chi connectivity index (χ4n) is 5.57. The summed E-state index contributed by atoms with van der Waals surface area (Å²) in [4.78, 5) is 15.0. The van der Waals surface area contributed by atoms with Gasteiger partial charge in [-0.05, 0) is 83.8 Å². The van der Waals surface area contributed by atoms with E-state index in [1.54, 1.807) is 0 Å². The molecule has 0 fully saturated rings. The van der Waals surface area contributed by atoms with E-state index in [1.807, 2.05) is 6.07 Å². The van der Waals surface area contributed by atoms with Crippen LogP contribution >= 0.6 is 0 Å². The third kappa shape index (κ3) is 4.99. The van der Waals surface area contributed by atoms with Crippen LogP contribution in [0.3, 0.4) is 0 Å². The second-order valence-electron chi connectivity index (χ2n) is 10.9. The second kappa shape index (κ2) is 10.1. The largest absolute Gasteiger partial charge is 0.208 e. The molecule has 0 unspecified atom stereocenters. The molecule has 1 aromatic heterocycles. The highest BCUT2D eigenvalue weighted by atomic mass is 15.0. The average Bonchev–Trinajstić information content (AvgIpc) is 3.00. The number of nitrogens with zero attached hydrogens (tertiary/aromatic N) is 3. The van der Waals surface area contributed by atoms with E-state index in [9.17, 15) is 0 Å². The highest BCUT2D eigenvalue weighted by Crippen LogP contribution is 2.31. The molecule has 0 saturated carbocycles. The lowest BCUT2D eigenvalue weighted by atomic mass is 10.00. The molecule has 0 aliphatic rings. The highest BCUT2D eigenvalue weighted by Gasteiger charge is 2.14. The maximum absolute atomic E-state index is 5.02. The SMILES string of the molecule is Cc1cc(C)cc(-c2nc(-c3ccc4cc(C)ccc4c3)nc(-c3ccc4cc(-c5ccccc5)ccc4c3)n2)c1. The zero-order chi connectivity index (χ0) is 27.9. The van der Waals surface area contributed by atoms with Gasteiger partial charge < -0.3 is 0 Å². The molecule has 0 amide bonds. The molecule has 0 bridgehead atoms. The zero-order valence-corrected chi connectivity index (χ0v) is 23.4. The van der Waals surface area contributed by atoms with Crippen molar-refractivity contribution in [2.75, 3.05) is 0 Å². The van der Waals surface area contributed by atoms with Crippen molar-refractivity contribution in [1.82, 2.24) is 15.0 Å². The Morgan fingerprint density at radius 3 is 1.37 bits per heavy atom. The maximum atomic E-state index is 5.02. The first-order chi connectivity index (χ1) is 20.0. The molecule has 7 aromatic rings. The first-order valence-electron chi connectivity index (χ1n) is 13.9. The average molecular weight is 528 g/mol. The van der Waals surface area contributed by atoms with Gasteiger partial charge in [0, 0.05) is 16.7 Å². The van der Waals surface area contributed by atoms with Gasteiger partial charge in [-0.2, -0.15) is 0 Å². The van der Waals surface area contributed by atoms with Crippen LogP contribution in [0.4, 0.5) is 0 Å². The van der Waals surface area contributed by atoms with Crippen LogP contribution < -0.4 is 0 Å². The number of aromatic nitrogens is 3. The lowest BCUT2D eigenvalue weighted by molar-refractivity contribution is 1.07. The number of aryl methyl sites for hydroxylation is 3. The van der Waals surface area contributed by atoms with Crippen molar-refractivity contribution in [3.05, 3.63) is 138 Å². The molecule has 0 spiro atoms. The first-order valence-corrected chi connectivity index (χ1v) is 13.9. The molecule has 3 heteroatoms. The van der Waals surface area contributed by atoms with E-state index in [0.717, 1.165) is 22.1 Å². The molecule has 1 heterocycles. The van der Waals surface area contributed by atoms with Gasteiger partial charge in [-0.15, -0.1) is 0 Å². The molecule has 7 rings (SSSR count). The summed E-state index contributed by atoms with van der Waals surface area (Å²) in [5.41, 5.74) is 8.98. The van der Waals surface area contributed by atoms with Gasteiger partial charge >= 0.3 is 0 Å². The summed E-state index contributed by atoms with van der Waals surface area (Å²) in [6.07, 6.45) is 0. The van der Waals surface area contributed by atoms with E-state index in [2.05, 4.69) is 136 Å². The van der Waals surface area contributed by atoms with Gasteiger partial charge in [0.2, 0.25) is 0 Å². The molecule has 0 saturated heterocycles. The number of hydrogen-bond donors (Lipinski definition) is 0. The van der Waals surface area contributed by atoms with Crippen molar-refractivity contribution < 1.29 is 0 Å². The van der Waals surface area contributed by atoms with Crippen LogP contribution in [0.1, 0.15) is 16.7 Å². The number of rotatable bonds is 4. The lowest BCUT2D eigenvalue weighted by Gasteiger charge is -2.11. The maximum Gasteiger partial charge on any atom is 0.164 e. The molecular weight excluding hydrogens is 498 g/mol. The van der Waals surface area contributed by atoms with Gasteiger partial charge in [0.1, 0.15) is 0 Å². The molecular formula is C38H29N3. The fourth-order valence-corrected chi connectivity index (χ4v) is 5.57. The topological polar surface area (TPSA) is 38.7 Å². The quantitative estimate of drug-likeness (QED) is 0.229. The predicted molar refractivity (Wildman–Crippen MR) is 171 cm³/mol. The van der Waals surface area contributed by atoms with E-state index in [1.165, 1.54) is 44.0 Å². The Morgan fingerprint density at radius 2 is 0.780 bits per heavy atom. The van der Waals surface area contributed by atoms with Crippen molar-refractivity contribution in [2.45, 2.75) is 20.8 Å². The standard InChI is InChI=1S/C38H29N3/c1-24-9-10-30-22-33(15-13-28(30)18-24)36-39-37(41-38(40-36)35-19-25(2)17-26(3)20-35)34-16-14-31-21-29(11-12-32(31)23-34)27-7-5-4-6-8-27/h4-23H,1-3H3. The molecule has 0 radical (unpaired) electrons. The molecule has 0 aliphatic heterocycles. The minimum absolute atomic E-state index is 0.669. The van der Waals surface area contributed by atoms with Gasteiger partial charge in [-0.25, -0.2) is 15.0 Å². The minimum Gasteiger partial charge on any atom is -0.208 e. The molecule has 6 aromatic carbocycles. The lowest BCUT2D eigenvalue weighted by Crippen LogP contribution is -2.00. The van der Waals surface area contributed by atoms with E-state index in [4.69, 9.17) is 15.0 Å². The van der Waals surface area contributed by atoms with E-state index in [-0.39, 0.29) is 0 Å². The monoisotopic (exact) mass is 527 g/mol. The summed E-state index contributed by atoms with van der Waals surface area (Å²) >= 11 is 0. The summed E-state index contributed by atoms with van der Waals surface area (Å²) in [5, 5.41) is 4.71. The van der Waals surface area contributed by atoms with Crippen molar-refractivity contribution in [1.29, 1.82) is 0 Å². The third-order valence-electron chi connectivity index (χ3n) is 7.57. The van der Waals surface area contributed by atoms with Crippen LogP contribution in [-0.4, -0.2) is 15.0 Å². The van der Waals surface area contributed by atoms with Crippen molar-refractivity contribution in [3.8, 4) is 45.3 Å². The zero-order valence-electron chi connectivity index (χ0n) is 23.4. The van der Waals surface area contributed by atoms with Gasteiger partial charge in [-0.1, -0.05) is 108 Å². The Kier molecular flexibility index (Phi) is 6.13. The first kappa shape index (κ1) is 24.9. The number of fused-ring (bicyclic) bond motifs is 2. The fraction of sp³-hybridized carbons (Fsp3) is 0.0789. The summed E-state index contributed by atoms with van der Waals surface area (Å²) in [6.45, 7) is 6.34. The molecule has 0 N–H and O–H groups in total. The Balaban J connectivity index is 1.37. The third-order valence-corrected chi connectivity index (χ3v) is 7.57.